The molecule has 0 aliphatic heterocycles. The molecule has 1 fully saturated rings. The van der Waals surface area contributed by atoms with E-state index in [9.17, 15) is 4.79 Å². The average Bonchev–Trinajstić information content (AvgIpc) is 3.46. The van der Waals surface area contributed by atoms with E-state index in [2.05, 4.69) is 51.0 Å². The lowest BCUT2D eigenvalue weighted by Gasteiger charge is -2.10. The first kappa shape index (κ1) is 18.7. The van der Waals surface area contributed by atoms with Crippen molar-refractivity contribution in [1.82, 2.24) is 19.7 Å². The van der Waals surface area contributed by atoms with Crippen molar-refractivity contribution in [1.29, 1.82) is 0 Å². The highest BCUT2D eigenvalue weighted by molar-refractivity contribution is 7.99. The highest BCUT2D eigenvalue weighted by Gasteiger charge is 2.30. The number of hydrogen-bond donors (Lipinski definition) is 1. The molecule has 6 nitrogen and oxygen atoms in total. The van der Waals surface area contributed by atoms with E-state index in [1.165, 1.54) is 17.3 Å². The molecule has 1 aliphatic rings. The maximum Gasteiger partial charge on any atom is 0.234 e. The molecule has 1 aromatic carbocycles. The summed E-state index contributed by atoms with van der Waals surface area (Å²) in [6.45, 7) is 4.31. The van der Waals surface area contributed by atoms with Gasteiger partial charge in [-0.2, -0.15) is 0 Å². The minimum atomic E-state index is -0.0458. The van der Waals surface area contributed by atoms with E-state index in [0.29, 0.717) is 17.7 Å². The fourth-order valence-corrected chi connectivity index (χ4v) is 3.81. The first-order valence-electron chi connectivity index (χ1n) is 9.49. The third-order valence-electron chi connectivity index (χ3n) is 4.69. The molecule has 0 radical (unpaired) electrons. The zero-order chi connectivity index (χ0) is 19.5. The Morgan fingerprint density at radius 1 is 1.21 bits per heavy atom. The molecule has 1 amide bonds. The second kappa shape index (κ2) is 8.14. The Kier molecular flexibility index (Phi) is 5.43. The fraction of sp³-hybridized carbons (Fsp3) is 0.333. The number of carbonyl (C=O) groups is 1. The van der Waals surface area contributed by atoms with E-state index in [1.54, 1.807) is 12.4 Å². The van der Waals surface area contributed by atoms with E-state index >= 15 is 0 Å². The van der Waals surface area contributed by atoms with Gasteiger partial charge in [0.25, 0.3) is 0 Å². The molecule has 1 aliphatic carbocycles. The van der Waals surface area contributed by atoms with Crippen molar-refractivity contribution in [2.75, 3.05) is 11.1 Å². The topological polar surface area (TPSA) is 72.7 Å². The molecule has 0 atom stereocenters. The highest BCUT2D eigenvalue weighted by Crippen LogP contribution is 2.40. The van der Waals surface area contributed by atoms with Crippen LogP contribution < -0.4 is 5.32 Å². The molecule has 0 spiro atoms. The van der Waals surface area contributed by atoms with E-state index < -0.39 is 0 Å². The van der Waals surface area contributed by atoms with Gasteiger partial charge in [-0.15, -0.1) is 10.2 Å². The van der Waals surface area contributed by atoms with Crippen molar-refractivity contribution in [2.45, 2.75) is 43.8 Å². The van der Waals surface area contributed by atoms with Gasteiger partial charge in [-0.05, 0) is 48.6 Å². The Labute approximate surface area is 168 Å². The normalized spacial score (nSPS) is 13.7. The number of pyridine rings is 1. The number of benzene rings is 1. The van der Waals surface area contributed by atoms with Gasteiger partial charge in [0, 0.05) is 29.7 Å². The number of carbonyl (C=O) groups excluding carboxylic acids is 1. The number of thioether (sulfide) groups is 1. The number of rotatable bonds is 7. The highest BCUT2D eigenvalue weighted by atomic mass is 32.2. The fourth-order valence-electron chi connectivity index (χ4n) is 3.01. The van der Waals surface area contributed by atoms with E-state index in [-0.39, 0.29) is 5.91 Å². The Hall–Kier alpha value is -2.67. The summed E-state index contributed by atoms with van der Waals surface area (Å²) in [4.78, 5) is 16.6. The molecule has 1 N–H and O–H groups in total. The molecule has 3 aromatic rings. The van der Waals surface area contributed by atoms with Gasteiger partial charge in [0.2, 0.25) is 5.91 Å². The lowest BCUT2D eigenvalue weighted by Crippen LogP contribution is -2.14. The molecule has 28 heavy (non-hydrogen) atoms. The van der Waals surface area contributed by atoms with Crippen LogP contribution in [-0.4, -0.2) is 31.4 Å². The van der Waals surface area contributed by atoms with Crippen molar-refractivity contribution in [3.8, 4) is 11.4 Å². The van der Waals surface area contributed by atoms with Crippen LogP contribution in [0.4, 0.5) is 5.69 Å². The van der Waals surface area contributed by atoms with E-state index in [4.69, 9.17) is 0 Å². The molecule has 0 unspecified atom stereocenters. The summed E-state index contributed by atoms with van der Waals surface area (Å²) < 4.78 is 2.15. The van der Waals surface area contributed by atoms with Crippen LogP contribution in [0.15, 0.2) is 53.9 Å². The predicted molar refractivity (Wildman–Crippen MR) is 111 cm³/mol. The first-order valence-corrected chi connectivity index (χ1v) is 10.5. The molecule has 4 rings (SSSR count). The van der Waals surface area contributed by atoms with Crippen molar-refractivity contribution in [3.05, 3.63) is 54.4 Å². The summed E-state index contributed by atoms with van der Waals surface area (Å²) in [7, 11) is 0. The summed E-state index contributed by atoms with van der Waals surface area (Å²) in [5.41, 5.74) is 3.02. The van der Waals surface area contributed by atoms with Crippen LogP contribution in [-0.2, 0) is 4.79 Å². The molecule has 2 heterocycles. The van der Waals surface area contributed by atoms with Crippen LogP contribution in [0.1, 0.15) is 44.2 Å². The van der Waals surface area contributed by atoms with Crippen LogP contribution in [0.5, 0.6) is 0 Å². The standard InChI is InChI=1S/C21H23N5OS/c1-14(2)15-5-7-17(8-6-15)23-19(27)13-28-21-25-24-20(26(21)18-9-10-18)16-4-3-11-22-12-16/h3-8,11-12,14,18H,9-10,13H2,1-2H3,(H,23,27). The van der Waals surface area contributed by atoms with Gasteiger partial charge in [-0.1, -0.05) is 37.7 Å². The quantitative estimate of drug-likeness (QED) is 0.597. The lowest BCUT2D eigenvalue weighted by atomic mass is 10.0. The number of amides is 1. The van der Waals surface area contributed by atoms with Gasteiger partial charge in [0.05, 0.1) is 5.75 Å². The van der Waals surface area contributed by atoms with E-state index in [0.717, 1.165) is 35.1 Å². The monoisotopic (exact) mass is 393 g/mol. The summed E-state index contributed by atoms with van der Waals surface area (Å²) in [6, 6.07) is 12.3. The molecule has 7 heteroatoms. The summed E-state index contributed by atoms with van der Waals surface area (Å²) >= 11 is 1.42. The van der Waals surface area contributed by atoms with Crippen LogP contribution >= 0.6 is 11.8 Å². The van der Waals surface area contributed by atoms with Crippen molar-refractivity contribution in [2.24, 2.45) is 0 Å². The Morgan fingerprint density at radius 2 is 2.00 bits per heavy atom. The maximum atomic E-state index is 12.4. The summed E-state index contributed by atoms with van der Waals surface area (Å²) in [5, 5.41) is 12.4. The smallest absolute Gasteiger partial charge is 0.234 e. The number of aromatic nitrogens is 4. The van der Waals surface area contributed by atoms with Gasteiger partial charge in [-0.25, -0.2) is 0 Å². The molecular formula is C21H23N5OS. The van der Waals surface area contributed by atoms with Crippen LogP contribution in [0, 0.1) is 0 Å². The largest absolute Gasteiger partial charge is 0.325 e. The predicted octanol–water partition coefficient (Wildman–Crippen LogP) is 4.53. The van der Waals surface area contributed by atoms with Crippen LogP contribution in [0.25, 0.3) is 11.4 Å². The number of nitrogens with zero attached hydrogens (tertiary/aromatic N) is 4. The van der Waals surface area contributed by atoms with Gasteiger partial charge in [0.15, 0.2) is 11.0 Å². The first-order chi connectivity index (χ1) is 13.6. The zero-order valence-electron chi connectivity index (χ0n) is 16.0. The van der Waals surface area contributed by atoms with Crippen molar-refractivity contribution < 1.29 is 4.79 Å². The number of nitrogens with one attached hydrogen (secondary N) is 1. The zero-order valence-corrected chi connectivity index (χ0v) is 16.8. The third-order valence-corrected chi connectivity index (χ3v) is 5.63. The molecule has 1 saturated carbocycles. The minimum Gasteiger partial charge on any atom is -0.325 e. The summed E-state index contributed by atoms with van der Waals surface area (Å²) in [5.74, 6) is 1.55. The Bertz CT molecular complexity index is 949. The second-order valence-electron chi connectivity index (χ2n) is 7.26. The van der Waals surface area contributed by atoms with Gasteiger partial charge in [0.1, 0.15) is 0 Å². The van der Waals surface area contributed by atoms with Crippen LogP contribution in [0.2, 0.25) is 0 Å². The third kappa shape index (κ3) is 4.25. The molecule has 0 saturated heterocycles. The Balaban J connectivity index is 1.42. The average molecular weight is 394 g/mol. The second-order valence-corrected chi connectivity index (χ2v) is 8.21. The summed E-state index contributed by atoms with van der Waals surface area (Å²) in [6.07, 6.45) is 5.78. The number of hydrogen-bond acceptors (Lipinski definition) is 5. The van der Waals surface area contributed by atoms with Crippen LogP contribution in [0.3, 0.4) is 0 Å². The molecule has 144 valence electrons. The SMILES string of the molecule is CC(C)c1ccc(NC(=O)CSc2nnc(-c3cccnc3)n2C2CC2)cc1. The molecular weight excluding hydrogens is 370 g/mol. The van der Waals surface area contributed by atoms with Gasteiger partial charge in [-0.3, -0.25) is 14.3 Å². The lowest BCUT2D eigenvalue weighted by molar-refractivity contribution is -0.113. The van der Waals surface area contributed by atoms with Gasteiger partial charge >= 0.3 is 0 Å². The van der Waals surface area contributed by atoms with Gasteiger partial charge < -0.3 is 5.32 Å². The Morgan fingerprint density at radius 3 is 2.64 bits per heavy atom. The maximum absolute atomic E-state index is 12.4. The molecule has 0 bridgehead atoms. The number of anilines is 1. The minimum absolute atomic E-state index is 0.0458. The van der Waals surface area contributed by atoms with Crippen molar-refractivity contribution >= 4 is 23.4 Å². The van der Waals surface area contributed by atoms with Crippen molar-refractivity contribution in [3.63, 3.8) is 0 Å². The molecule has 2 aromatic heterocycles. The van der Waals surface area contributed by atoms with E-state index in [1.807, 2.05) is 24.3 Å².